The molecular formula is C40H46FN3O2S. The molecule has 1 unspecified atom stereocenters. The molecule has 246 valence electrons. The first-order chi connectivity index (χ1) is 22.6. The summed E-state index contributed by atoms with van der Waals surface area (Å²) in [5, 5.41) is 0.939. The molecule has 1 aromatic heterocycles. The number of terminal acetylenes is 1. The van der Waals surface area contributed by atoms with Gasteiger partial charge in [0.05, 0.1) is 17.2 Å². The summed E-state index contributed by atoms with van der Waals surface area (Å²) in [6.07, 6.45) is 12.9. The zero-order valence-electron chi connectivity index (χ0n) is 28.3. The highest BCUT2D eigenvalue weighted by Crippen LogP contribution is 2.43. The van der Waals surface area contributed by atoms with E-state index in [4.69, 9.17) is 16.1 Å². The minimum Gasteiger partial charge on any atom is -0.478 e. The van der Waals surface area contributed by atoms with E-state index in [9.17, 15) is 9.18 Å². The SMILES string of the molecule is C#CC(C)C(=C)F.C/C=C\C.C=CCSN(C)c1c(CN(C)C)c(C=O)c(OC(c2ccccc2)c2ccccc2)c2ncccc12. The first-order valence-corrected chi connectivity index (χ1v) is 16.2. The van der Waals surface area contributed by atoms with E-state index >= 15 is 0 Å². The van der Waals surface area contributed by atoms with Crippen LogP contribution in [0.1, 0.15) is 53.9 Å². The molecule has 7 heteroatoms. The summed E-state index contributed by atoms with van der Waals surface area (Å²) >= 11 is 1.63. The first kappa shape index (κ1) is 38.5. The van der Waals surface area contributed by atoms with Crippen molar-refractivity contribution in [3.05, 3.63) is 138 Å². The minimum absolute atomic E-state index is 0.401. The van der Waals surface area contributed by atoms with E-state index < -0.39 is 17.8 Å². The van der Waals surface area contributed by atoms with Gasteiger partial charge in [-0.15, -0.1) is 13.0 Å². The fraction of sp³-hybridized carbons (Fsp3) is 0.250. The third-order valence-electron chi connectivity index (χ3n) is 6.92. The van der Waals surface area contributed by atoms with Crippen molar-refractivity contribution in [1.29, 1.82) is 0 Å². The molecule has 3 aromatic carbocycles. The van der Waals surface area contributed by atoms with Gasteiger partial charge < -0.3 is 13.9 Å². The Kier molecular flexibility index (Phi) is 16.8. The number of carbonyl (C=O) groups excluding carboxylic acids is 1. The fourth-order valence-electron chi connectivity index (χ4n) is 4.43. The van der Waals surface area contributed by atoms with E-state index in [0.29, 0.717) is 23.4 Å². The average Bonchev–Trinajstić information content (AvgIpc) is 3.09. The Hall–Kier alpha value is -4.64. The van der Waals surface area contributed by atoms with Crippen molar-refractivity contribution in [3.8, 4) is 18.1 Å². The van der Waals surface area contributed by atoms with E-state index in [-0.39, 0.29) is 0 Å². The van der Waals surface area contributed by atoms with Crippen LogP contribution >= 0.6 is 11.9 Å². The van der Waals surface area contributed by atoms with Crippen LogP contribution in [0.15, 0.2) is 116 Å². The number of aromatic nitrogens is 1. The predicted molar refractivity (Wildman–Crippen MR) is 200 cm³/mol. The third kappa shape index (κ3) is 11.3. The first-order valence-electron chi connectivity index (χ1n) is 15.3. The number of anilines is 1. The molecule has 0 aliphatic rings. The maximum Gasteiger partial charge on any atom is 0.157 e. The van der Waals surface area contributed by atoms with Crippen LogP contribution in [0, 0.1) is 18.3 Å². The van der Waals surface area contributed by atoms with Crippen molar-refractivity contribution >= 4 is 34.8 Å². The number of benzene rings is 3. The molecule has 4 rings (SSSR count). The van der Waals surface area contributed by atoms with Gasteiger partial charge in [0.2, 0.25) is 0 Å². The summed E-state index contributed by atoms with van der Waals surface area (Å²) in [4.78, 5) is 19.5. The molecule has 0 saturated heterocycles. The lowest BCUT2D eigenvalue weighted by atomic mass is 9.98. The quantitative estimate of drug-likeness (QED) is 0.0658. The van der Waals surface area contributed by atoms with Gasteiger partial charge >= 0.3 is 0 Å². The summed E-state index contributed by atoms with van der Waals surface area (Å²) < 4.78 is 20.7. The number of carbonyl (C=O) groups is 1. The van der Waals surface area contributed by atoms with Gasteiger partial charge in [-0.05, 0) is 70.1 Å². The van der Waals surface area contributed by atoms with Gasteiger partial charge in [-0.1, -0.05) is 91.4 Å². The van der Waals surface area contributed by atoms with Gasteiger partial charge in [0.15, 0.2) is 12.0 Å². The van der Waals surface area contributed by atoms with Crippen LogP contribution in [-0.4, -0.2) is 43.1 Å². The lowest BCUT2D eigenvalue weighted by Gasteiger charge is -2.28. The zero-order valence-corrected chi connectivity index (χ0v) is 29.1. The number of pyridine rings is 1. The minimum atomic E-state index is -0.442. The second-order valence-electron chi connectivity index (χ2n) is 10.7. The van der Waals surface area contributed by atoms with Crippen LogP contribution in [0.4, 0.5) is 10.1 Å². The number of halogens is 1. The predicted octanol–water partition coefficient (Wildman–Crippen LogP) is 9.87. The van der Waals surface area contributed by atoms with Crippen LogP contribution in [-0.2, 0) is 6.54 Å². The van der Waals surface area contributed by atoms with Crippen molar-refractivity contribution in [3.63, 3.8) is 0 Å². The molecule has 0 bridgehead atoms. The van der Waals surface area contributed by atoms with Crippen molar-refractivity contribution in [2.45, 2.75) is 33.4 Å². The monoisotopic (exact) mass is 651 g/mol. The maximum absolute atomic E-state index is 12.7. The molecule has 0 N–H and O–H groups in total. The highest BCUT2D eigenvalue weighted by atomic mass is 32.2. The fourth-order valence-corrected chi connectivity index (χ4v) is 5.10. The molecule has 0 aliphatic carbocycles. The largest absolute Gasteiger partial charge is 0.478 e. The van der Waals surface area contributed by atoms with Gasteiger partial charge in [-0.25, -0.2) is 4.39 Å². The normalized spacial score (nSPS) is 11.1. The number of rotatable bonds is 12. The highest BCUT2D eigenvalue weighted by molar-refractivity contribution is 8.00. The Balaban J connectivity index is 0.000000602. The van der Waals surface area contributed by atoms with Gasteiger partial charge in [-0.2, -0.15) is 0 Å². The van der Waals surface area contributed by atoms with E-state index in [1.54, 1.807) is 25.1 Å². The van der Waals surface area contributed by atoms with E-state index in [1.807, 2.05) is 126 Å². The molecule has 0 radical (unpaired) electrons. The summed E-state index contributed by atoms with van der Waals surface area (Å²) in [5.41, 5.74) is 5.06. The van der Waals surface area contributed by atoms with Gasteiger partial charge in [0, 0.05) is 36.5 Å². The van der Waals surface area contributed by atoms with E-state index in [2.05, 4.69) is 28.3 Å². The van der Waals surface area contributed by atoms with Gasteiger partial charge in [0.1, 0.15) is 17.4 Å². The van der Waals surface area contributed by atoms with Gasteiger partial charge in [0.25, 0.3) is 0 Å². The van der Waals surface area contributed by atoms with Crippen LogP contribution in [0.25, 0.3) is 10.9 Å². The molecule has 0 saturated carbocycles. The molecule has 0 amide bonds. The highest BCUT2D eigenvalue weighted by Gasteiger charge is 2.27. The van der Waals surface area contributed by atoms with Crippen molar-refractivity contribution < 1.29 is 13.9 Å². The molecule has 4 aromatic rings. The Bertz CT molecular complexity index is 1610. The molecule has 1 atom stereocenters. The molecule has 0 fully saturated rings. The Morgan fingerprint density at radius 1 is 1.02 bits per heavy atom. The van der Waals surface area contributed by atoms with Crippen LogP contribution in [0.5, 0.6) is 5.75 Å². The lowest BCUT2D eigenvalue weighted by molar-refractivity contribution is 0.111. The smallest absolute Gasteiger partial charge is 0.157 e. The maximum atomic E-state index is 12.7. The Morgan fingerprint density at radius 3 is 2.02 bits per heavy atom. The van der Waals surface area contributed by atoms with E-state index in [0.717, 1.165) is 39.8 Å². The van der Waals surface area contributed by atoms with Crippen molar-refractivity contribution in [2.75, 3.05) is 31.2 Å². The van der Waals surface area contributed by atoms with Crippen LogP contribution in [0.3, 0.4) is 0 Å². The number of aldehydes is 1. The topological polar surface area (TPSA) is 45.7 Å². The molecule has 5 nitrogen and oxygen atoms in total. The average molecular weight is 652 g/mol. The number of allylic oxidation sites excluding steroid dienone is 3. The summed E-state index contributed by atoms with van der Waals surface area (Å²) in [6.45, 7) is 13.0. The van der Waals surface area contributed by atoms with Crippen LogP contribution in [0.2, 0.25) is 0 Å². The third-order valence-corrected chi connectivity index (χ3v) is 7.87. The molecule has 1 heterocycles. The second kappa shape index (κ2) is 20.5. The second-order valence-corrected chi connectivity index (χ2v) is 11.9. The Morgan fingerprint density at radius 2 is 1.60 bits per heavy atom. The summed E-state index contributed by atoms with van der Waals surface area (Å²) in [5.74, 6) is 2.57. The summed E-state index contributed by atoms with van der Waals surface area (Å²) in [6, 6.07) is 24.1. The molecule has 47 heavy (non-hydrogen) atoms. The van der Waals surface area contributed by atoms with E-state index in [1.165, 1.54) is 0 Å². The van der Waals surface area contributed by atoms with Crippen molar-refractivity contribution in [2.24, 2.45) is 5.92 Å². The van der Waals surface area contributed by atoms with Crippen molar-refractivity contribution in [1.82, 2.24) is 9.88 Å². The van der Waals surface area contributed by atoms with Gasteiger partial charge in [-0.3, -0.25) is 9.78 Å². The number of ether oxygens (including phenoxy) is 1. The summed E-state index contributed by atoms with van der Waals surface area (Å²) in [7, 11) is 6.01. The van der Waals surface area contributed by atoms with Crippen LogP contribution < -0.4 is 9.04 Å². The lowest BCUT2D eigenvalue weighted by Crippen LogP contribution is -2.20. The zero-order chi connectivity index (χ0) is 34.8. The molecule has 0 aliphatic heterocycles. The number of nitrogens with zero attached hydrogens (tertiary/aromatic N) is 3. The number of hydrogen-bond acceptors (Lipinski definition) is 6. The molecule has 0 spiro atoms. The Labute approximate surface area is 285 Å². The number of fused-ring (bicyclic) bond motifs is 1. The standard InChI is InChI=1S/C30H31N3O2S.C6H7F.C4H8/c1-5-19-36-33(4)28-24-17-12-18-31-27(24)30(26(21-34)25(28)20-32(2)3)35-29(22-13-8-6-9-14-22)23-15-10-7-11-16-23;1-4-5(2)6(3)7;1-3-4-2/h5-18,21,29H,1,19-20H2,2-4H3;1,5H,3H2,2H3;3-4H,1-2H3/b;;4-3-. The number of hydrogen-bond donors (Lipinski definition) is 0. The molecular weight excluding hydrogens is 606 g/mol.